The largest absolute Gasteiger partial charge is 0.496 e. The third-order valence-corrected chi connectivity index (χ3v) is 2.77. The van der Waals surface area contributed by atoms with Crippen LogP contribution in [0.25, 0.3) is 0 Å². The Hall–Kier alpha value is -1.38. The molecule has 0 aromatic carbocycles. The number of rotatable bonds is 3. The fourth-order valence-electron chi connectivity index (χ4n) is 1.85. The molecule has 1 unspecified atom stereocenters. The molecule has 0 fully saturated rings. The summed E-state index contributed by atoms with van der Waals surface area (Å²) in [4.78, 5) is 0. The molecule has 0 spiro atoms. The van der Waals surface area contributed by atoms with Crippen LogP contribution in [0.5, 0.6) is 0 Å². The van der Waals surface area contributed by atoms with E-state index in [1.807, 2.05) is 6.26 Å². The maximum Gasteiger partial charge on any atom is 0.117 e. The molecule has 3 heteroatoms. The Kier molecular flexibility index (Phi) is 2.99. The molecule has 1 aromatic rings. The van der Waals surface area contributed by atoms with Crippen LogP contribution in [0.3, 0.4) is 0 Å². The Morgan fingerprint density at radius 1 is 1.40 bits per heavy atom. The zero-order valence-electron chi connectivity index (χ0n) is 9.36. The summed E-state index contributed by atoms with van der Waals surface area (Å²) in [7, 11) is 0. The molecule has 0 aliphatic carbocycles. The van der Waals surface area contributed by atoms with Gasteiger partial charge in [0.05, 0.1) is 12.8 Å². The molecule has 0 radical (unpaired) electrons. The van der Waals surface area contributed by atoms with E-state index in [0.29, 0.717) is 6.10 Å². The number of allylic oxidation sites excluding steroid dienone is 1. The van der Waals surface area contributed by atoms with Crippen molar-refractivity contribution in [2.24, 2.45) is 0 Å². The Morgan fingerprint density at radius 2 is 2.13 bits per heavy atom. The predicted molar refractivity (Wildman–Crippen MR) is 61.4 cm³/mol. The lowest BCUT2D eigenvalue weighted by molar-refractivity contribution is 0.132. The lowest BCUT2D eigenvalue weighted by atomic mass is 10.2. The van der Waals surface area contributed by atoms with Crippen LogP contribution in [0.2, 0.25) is 0 Å². The first kappa shape index (κ1) is 10.1. The molecule has 0 amide bonds. The predicted octanol–water partition coefficient (Wildman–Crippen LogP) is 2.34. The van der Waals surface area contributed by atoms with Crippen LogP contribution in [-0.2, 0) is 4.74 Å². The van der Waals surface area contributed by atoms with E-state index < -0.39 is 0 Å². The normalized spacial score (nSPS) is 20.0. The summed E-state index contributed by atoms with van der Waals surface area (Å²) in [5.74, 6) is 0. The fourth-order valence-corrected chi connectivity index (χ4v) is 1.85. The first-order chi connectivity index (χ1) is 7.27. The summed E-state index contributed by atoms with van der Waals surface area (Å²) in [6.45, 7) is 5.06. The Labute approximate surface area is 90.7 Å². The monoisotopic (exact) mass is 206 g/mol. The summed E-state index contributed by atoms with van der Waals surface area (Å²) in [5.41, 5.74) is 5.86. The average molecular weight is 206 g/mol. The van der Waals surface area contributed by atoms with Gasteiger partial charge in [0.2, 0.25) is 0 Å². The van der Waals surface area contributed by atoms with E-state index >= 15 is 0 Å². The second kappa shape index (κ2) is 4.43. The van der Waals surface area contributed by atoms with Crippen LogP contribution in [0.1, 0.15) is 24.2 Å². The molecule has 0 saturated heterocycles. The van der Waals surface area contributed by atoms with Crippen molar-refractivity contribution in [3.63, 3.8) is 0 Å². The molecule has 1 aliphatic rings. The van der Waals surface area contributed by atoms with Gasteiger partial charge in [0.1, 0.15) is 6.10 Å². The van der Waals surface area contributed by atoms with Crippen molar-refractivity contribution in [1.29, 1.82) is 0 Å². The van der Waals surface area contributed by atoms with E-state index in [9.17, 15) is 0 Å². The van der Waals surface area contributed by atoms with Crippen LogP contribution < -0.4 is 5.43 Å². The molecule has 82 valence electrons. The highest BCUT2D eigenvalue weighted by atomic mass is 16.5. The van der Waals surface area contributed by atoms with Gasteiger partial charge in [-0.15, -0.1) is 0 Å². The zero-order chi connectivity index (χ0) is 10.7. The third-order valence-electron chi connectivity index (χ3n) is 2.77. The topological polar surface area (TPSA) is 26.2 Å². The molecule has 0 bridgehead atoms. The number of hydrogen-bond donors (Lipinski definition) is 1. The van der Waals surface area contributed by atoms with Crippen LogP contribution in [0.4, 0.5) is 0 Å². The van der Waals surface area contributed by atoms with Gasteiger partial charge in [-0.05, 0) is 44.9 Å². The standard InChI is InChI=1S/C12H18N2O/c1-10-6-7-11(2)14(10)13-9-12-5-3-4-8-15-12/h4,6-8,12-13H,3,5,9H2,1-2H3. The lowest BCUT2D eigenvalue weighted by Crippen LogP contribution is -2.29. The lowest BCUT2D eigenvalue weighted by Gasteiger charge is -2.21. The first-order valence-electron chi connectivity index (χ1n) is 5.46. The molecule has 2 rings (SSSR count). The third kappa shape index (κ3) is 2.35. The smallest absolute Gasteiger partial charge is 0.117 e. The van der Waals surface area contributed by atoms with Crippen molar-refractivity contribution in [2.45, 2.75) is 32.8 Å². The number of aryl methyl sites for hydroxylation is 2. The summed E-state index contributed by atoms with van der Waals surface area (Å²) >= 11 is 0. The van der Waals surface area contributed by atoms with E-state index in [1.165, 1.54) is 11.4 Å². The molecular formula is C12H18N2O. The minimum Gasteiger partial charge on any atom is -0.496 e. The van der Waals surface area contributed by atoms with Crippen LogP contribution in [0.15, 0.2) is 24.5 Å². The van der Waals surface area contributed by atoms with E-state index in [4.69, 9.17) is 4.74 Å². The molecule has 2 heterocycles. The van der Waals surface area contributed by atoms with E-state index in [0.717, 1.165) is 19.4 Å². The van der Waals surface area contributed by atoms with Gasteiger partial charge in [0.25, 0.3) is 0 Å². The molecular weight excluding hydrogens is 188 g/mol. The maximum absolute atomic E-state index is 5.50. The molecule has 1 aromatic heterocycles. The minimum absolute atomic E-state index is 0.302. The van der Waals surface area contributed by atoms with Crippen molar-refractivity contribution < 1.29 is 4.74 Å². The first-order valence-corrected chi connectivity index (χ1v) is 5.46. The SMILES string of the molecule is Cc1ccc(C)n1NCC1CCC=CO1. The minimum atomic E-state index is 0.302. The van der Waals surface area contributed by atoms with Gasteiger partial charge in [-0.3, -0.25) is 4.68 Å². The van der Waals surface area contributed by atoms with Crippen LogP contribution in [0, 0.1) is 13.8 Å². The molecule has 1 atom stereocenters. The van der Waals surface area contributed by atoms with Crippen molar-refractivity contribution in [1.82, 2.24) is 4.68 Å². The molecule has 3 nitrogen and oxygen atoms in total. The number of nitrogens with one attached hydrogen (secondary N) is 1. The van der Waals surface area contributed by atoms with Gasteiger partial charge in [0.15, 0.2) is 0 Å². The highest BCUT2D eigenvalue weighted by Gasteiger charge is 2.11. The Morgan fingerprint density at radius 3 is 2.73 bits per heavy atom. The summed E-state index contributed by atoms with van der Waals surface area (Å²) < 4.78 is 7.61. The summed E-state index contributed by atoms with van der Waals surface area (Å²) in [6.07, 6.45) is 6.41. The van der Waals surface area contributed by atoms with Crippen molar-refractivity contribution in [3.05, 3.63) is 35.9 Å². The quantitative estimate of drug-likeness (QED) is 0.821. The van der Waals surface area contributed by atoms with Gasteiger partial charge >= 0.3 is 0 Å². The fraction of sp³-hybridized carbons (Fsp3) is 0.500. The maximum atomic E-state index is 5.50. The second-order valence-electron chi connectivity index (χ2n) is 4.02. The molecule has 0 saturated carbocycles. The summed E-state index contributed by atoms with van der Waals surface area (Å²) in [5, 5.41) is 0. The van der Waals surface area contributed by atoms with Gasteiger partial charge in [-0.25, -0.2) is 0 Å². The van der Waals surface area contributed by atoms with E-state index in [2.05, 4.69) is 42.2 Å². The number of aromatic nitrogens is 1. The van der Waals surface area contributed by atoms with E-state index in [-0.39, 0.29) is 0 Å². The Bertz CT molecular complexity index is 335. The highest BCUT2D eigenvalue weighted by molar-refractivity contribution is 5.15. The zero-order valence-corrected chi connectivity index (χ0v) is 9.36. The van der Waals surface area contributed by atoms with Gasteiger partial charge in [0, 0.05) is 11.4 Å². The molecule has 1 N–H and O–H groups in total. The van der Waals surface area contributed by atoms with E-state index in [1.54, 1.807) is 0 Å². The van der Waals surface area contributed by atoms with Crippen LogP contribution in [-0.4, -0.2) is 17.3 Å². The van der Waals surface area contributed by atoms with Crippen LogP contribution >= 0.6 is 0 Å². The van der Waals surface area contributed by atoms with Crippen molar-refractivity contribution in [3.8, 4) is 0 Å². The van der Waals surface area contributed by atoms with Gasteiger partial charge in [-0.2, -0.15) is 0 Å². The summed E-state index contributed by atoms with van der Waals surface area (Å²) in [6, 6.07) is 4.23. The van der Waals surface area contributed by atoms with Gasteiger partial charge in [-0.1, -0.05) is 0 Å². The van der Waals surface area contributed by atoms with Crippen molar-refractivity contribution >= 4 is 0 Å². The van der Waals surface area contributed by atoms with Gasteiger partial charge < -0.3 is 10.2 Å². The highest BCUT2D eigenvalue weighted by Crippen LogP contribution is 2.10. The number of nitrogens with zero attached hydrogens (tertiary/aromatic N) is 1. The Balaban J connectivity index is 1.90. The number of hydrogen-bond acceptors (Lipinski definition) is 2. The second-order valence-corrected chi connectivity index (χ2v) is 4.02. The van der Waals surface area contributed by atoms with Crippen molar-refractivity contribution in [2.75, 3.05) is 12.0 Å². The molecule has 15 heavy (non-hydrogen) atoms. The average Bonchev–Trinajstić information content (AvgIpc) is 2.58. The molecule has 1 aliphatic heterocycles. The number of ether oxygens (including phenoxy) is 1.